The van der Waals surface area contributed by atoms with Gasteiger partial charge in [-0.05, 0) is 37.4 Å². The molecule has 0 radical (unpaired) electrons. The van der Waals surface area contributed by atoms with Crippen LogP contribution in [0, 0.1) is 0 Å². The SMILES string of the molecule is CCCNCc1nnc(N2CCCc3ccccc32)o1. The molecule has 1 aromatic heterocycles. The molecular formula is C15H20N4O. The summed E-state index contributed by atoms with van der Waals surface area (Å²) in [5.41, 5.74) is 2.54. The molecule has 0 unspecified atom stereocenters. The largest absolute Gasteiger partial charge is 0.406 e. The molecular weight excluding hydrogens is 252 g/mol. The molecule has 0 spiro atoms. The van der Waals surface area contributed by atoms with Crippen LogP contribution in [0.2, 0.25) is 0 Å². The molecule has 3 rings (SSSR count). The van der Waals surface area contributed by atoms with E-state index in [1.807, 2.05) is 0 Å². The molecule has 5 heteroatoms. The summed E-state index contributed by atoms with van der Waals surface area (Å²) >= 11 is 0. The van der Waals surface area contributed by atoms with Crippen molar-refractivity contribution in [3.63, 3.8) is 0 Å². The summed E-state index contributed by atoms with van der Waals surface area (Å²) in [6.07, 6.45) is 3.33. The van der Waals surface area contributed by atoms with Crippen molar-refractivity contribution in [2.24, 2.45) is 0 Å². The van der Waals surface area contributed by atoms with Gasteiger partial charge in [0.1, 0.15) is 0 Å². The zero-order chi connectivity index (χ0) is 13.8. The zero-order valence-electron chi connectivity index (χ0n) is 11.8. The summed E-state index contributed by atoms with van der Waals surface area (Å²) in [5.74, 6) is 0.650. The van der Waals surface area contributed by atoms with Crippen molar-refractivity contribution in [3.8, 4) is 0 Å². The van der Waals surface area contributed by atoms with Crippen molar-refractivity contribution in [1.29, 1.82) is 0 Å². The van der Waals surface area contributed by atoms with Gasteiger partial charge in [0.2, 0.25) is 5.89 Å². The number of aryl methyl sites for hydroxylation is 1. The van der Waals surface area contributed by atoms with Crippen LogP contribution >= 0.6 is 0 Å². The monoisotopic (exact) mass is 272 g/mol. The molecule has 0 aliphatic carbocycles. The molecule has 0 saturated heterocycles. The maximum atomic E-state index is 5.77. The first-order chi connectivity index (χ1) is 9.88. The Bertz CT molecular complexity index is 567. The maximum Gasteiger partial charge on any atom is 0.322 e. The van der Waals surface area contributed by atoms with E-state index < -0.39 is 0 Å². The van der Waals surface area contributed by atoms with Crippen molar-refractivity contribution in [2.45, 2.75) is 32.7 Å². The van der Waals surface area contributed by atoms with E-state index in [9.17, 15) is 0 Å². The van der Waals surface area contributed by atoms with Gasteiger partial charge < -0.3 is 9.73 Å². The Morgan fingerprint density at radius 3 is 3.10 bits per heavy atom. The van der Waals surface area contributed by atoms with Gasteiger partial charge in [-0.25, -0.2) is 0 Å². The van der Waals surface area contributed by atoms with E-state index in [0.717, 1.165) is 32.4 Å². The van der Waals surface area contributed by atoms with Crippen LogP contribution in [0.1, 0.15) is 31.2 Å². The van der Waals surface area contributed by atoms with Crippen LogP contribution in [0.3, 0.4) is 0 Å². The molecule has 0 fully saturated rings. The van der Waals surface area contributed by atoms with E-state index in [2.05, 4.69) is 51.6 Å². The molecule has 2 aromatic rings. The van der Waals surface area contributed by atoms with Gasteiger partial charge in [-0.2, -0.15) is 0 Å². The first-order valence-electron chi connectivity index (χ1n) is 7.27. The van der Waals surface area contributed by atoms with Gasteiger partial charge in [0, 0.05) is 12.2 Å². The maximum absolute atomic E-state index is 5.77. The second kappa shape index (κ2) is 6.05. The van der Waals surface area contributed by atoms with Crippen molar-refractivity contribution in [2.75, 3.05) is 18.0 Å². The smallest absolute Gasteiger partial charge is 0.322 e. The Labute approximate surface area is 119 Å². The number of nitrogens with one attached hydrogen (secondary N) is 1. The Morgan fingerprint density at radius 2 is 2.20 bits per heavy atom. The number of hydrogen-bond donors (Lipinski definition) is 1. The molecule has 1 aliphatic rings. The summed E-state index contributed by atoms with van der Waals surface area (Å²) in [4.78, 5) is 2.12. The lowest BCUT2D eigenvalue weighted by Gasteiger charge is -2.27. The minimum absolute atomic E-state index is 0.602. The molecule has 1 N–H and O–H groups in total. The van der Waals surface area contributed by atoms with E-state index in [0.29, 0.717) is 18.5 Å². The molecule has 0 amide bonds. The second-order valence-electron chi connectivity index (χ2n) is 5.04. The van der Waals surface area contributed by atoms with Gasteiger partial charge >= 0.3 is 6.01 Å². The summed E-state index contributed by atoms with van der Waals surface area (Å²) in [6, 6.07) is 9.02. The molecule has 0 atom stereocenters. The average Bonchev–Trinajstić information content (AvgIpc) is 2.96. The van der Waals surface area contributed by atoms with Gasteiger partial charge in [0.25, 0.3) is 0 Å². The fourth-order valence-corrected chi connectivity index (χ4v) is 2.53. The Hall–Kier alpha value is -1.88. The number of fused-ring (bicyclic) bond motifs is 1. The lowest BCUT2D eigenvalue weighted by Crippen LogP contribution is -2.24. The van der Waals surface area contributed by atoms with E-state index in [1.165, 1.54) is 11.3 Å². The second-order valence-corrected chi connectivity index (χ2v) is 5.04. The fraction of sp³-hybridized carbons (Fsp3) is 0.467. The van der Waals surface area contributed by atoms with Crippen LogP contribution in [0.25, 0.3) is 0 Å². The number of aromatic nitrogens is 2. The Morgan fingerprint density at radius 1 is 1.30 bits per heavy atom. The topological polar surface area (TPSA) is 54.2 Å². The van der Waals surface area contributed by atoms with Crippen LogP contribution < -0.4 is 10.2 Å². The summed E-state index contributed by atoms with van der Waals surface area (Å²) in [7, 11) is 0. The van der Waals surface area contributed by atoms with Crippen LogP contribution in [-0.4, -0.2) is 23.3 Å². The summed E-state index contributed by atoms with van der Waals surface area (Å²) in [6.45, 7) is 4.67. The Balaban J connectivity index is 1.77. The van der Waals surface area contributed by atoms with E-state index >= 15 is 0 Å². The molecule has 1 aromatic carbocycles. The first kappa shape index (κ1) is 13.1. The quantitative estimate of drug-likeness (QED) is 0.848. The first-order valence-corrected chi connectivity index (χ1v) is 7.27. The van der Waals surface area contributed by atoms with Gasteiger partial charge in [-0.15, -0.1) is 5.10 Å². The van der Waals surface area contributed by atoms with Crippen molar-refractivity contribution < 1.29 is 4.42 Å². The number of rotatable bonds is 5. The fourth-order valence-electron chi connectivity index (χ4n) is 2.53. The third kappa shape index (κ3) is 2.67. The van der Waals surface area contributed by atoms with E-state index in [4.69, 9.17) is 4.42 Å². The third-order valence-electron chi connectivity index (χ3n) is 3.50. The molecule has 0 saturated carbocycles. The number of para-hydroxylation sites is 1. The minimum atomic E-state index is 0.602. The molecule has 20 heavy (non-hydrogen) atoms. The molecule has 106 valence electrons. The van der Waals surface area contributed by atoms with Gasteiger partial charge in [0.05, 0.1) is 6.54 Å². The number of nitrogens with zero attached hydrogens (tertiary/aromatic N) is 3. The molecule has 1 aliphatic heterocycles. The highest BCUT2D eigenvalue weighted by Gasteiger charge is 2.22. The summed E-state index contributed by atoms with van der Waals surface area (Å²) in [5, 5.41) is 11.6. The highest BCUT2D eigenvalue weighted by Crippen LogP contribution is 2.32. The molecule has 2 heterocycles. The van der Waals surface area contributed by atoms with Crippen molar-refractivity contribution in [3.05, 3.63) is 35.7 Å². The van der Waals surface area contributed by atoms with E-state index in [-0.39, 0.29) is 0 Å². The van der Waals surface area contributed by atoms with Crippen molar-refractivity contribution in [1.82, 2.24) is 15.5 Å². The van der Waals surface area contributed by atoms with E-state index in [1.54, 1.807) is 0 Å². The third-order valence-corrected chi connectivity index (χ3v) is 3.50. The highest BCUT2D eigenvalue weighted by molar-refractivity contribution is 5.62. The number of hydrogen-bond acceptors (Lipinski definition) is 5. The minimum Gasteiger partial charge on any atom is -0.406 e. The van der Waals surface area contributed by atoms with Crippen LogP contribution in [-0.2, 0) is 13.0 Å². The lowest BCUT2D eigenvalue weighted by atomic mass is 10.0. The van der Waals surface area contributed by atoms with Gasteiger partial charge in [-0.3, -0.25) is 4.90 Å². The highest BCUT2D eigenvalue weighted by atomic mass is 16.4. The normalized spacial score (nSPS) is 14.3. The van der Waals surface area contributed by atoms with Crippen LogP contribution in [0.5, 0.6) is 0 Å². The predicted molar refractivity (Wildman–Crippen MR) is 78.1 cm³/mol. The summed E-state index contributed by atoms with van der Waals surface area (Å²) < 4.78 is 5.77. The van der Waals surface area contributed by atoms with Gasteiger partial charge in [-0.1, -0.05) is 30.2 Å². The zero-order valence-corrected chi connectivity index (χ0v) is 11.8. The lowest BCUT2D eigenvalue weighted by molar-refractivity contribution is 0.466. The van der Waals surface area contributed by atoms with Crippen LogP contribution in [0.4, 0.5) is 11.7 Å². The number of benzene rings is 1. The van der Waals surface area contributed by atoms with Crippen LogP contribution in [0.15, 0.2) is 28.7 Å². The standard InChI is InChI=1S/C15H20N4O/c1-2-9-16-11-14-17-18-15(20-14)19-10-5-7-12-6-3-4-8-13(12)19/h3-4,6,8,16H,2,5,7,9-11H2,1H3. The molecule has 5 nitrogen and oxygen atoms in total. The predicted octanol–water partition coefficient (Wildman–Crippen LogP) is 2.65. The Kier molecular flexibility index (Phi) is 3.97. The number of anilines is 2. The van der Waals surface area contributed by atoms with Gasteiger partial charge in [0.15, 0.2) is 0 Å². The van der Waals surface area contributed by atoms with Crippen molar-refractivity contribution >= 4 is 11.7 Å². The average molecular weight is 272 g/mol. The molecule has 0 bridgehead atoms.